The van der Waals surface area contributed by atoms with Crippen LogP contribution < -0.4 is 5.73 Å². The van der Waals surface area contributed by atoms with E-state index in [4.69, 9.17) is 22.4 Å². The highest BCUT2D eigenvalue weighted by molar-refractivity contribution is 6.29. The second-order valence-corrected chi connectivity index (χ2v) is 2.20. The van der Waals surface area contributed by atoms with E-state index in [-0.39, 0.29) is 23.9 Å². The number of nitrogens with two attached hydrogens (primary N) is 1. The lowest BCUT2D eigenvalue weighted by atomic mass is 10.2. The molecule has 0 heterocycles. The number of halogens is 2. The molecule has 1 atom stereocenters. The third-order valence-corrected chi connectivity index (χ3v) is 0.913. The summed E-state index contributed by atoms with van der Waals surface area (Å²) in [5, 5.41) is 8.47. The van der Waals surface area contributed by atoms with E-state index in [2.05, 4.69) is 6.58 Å². The number of aliphatic carboxylic acids is 1. The molecule has 0 aromatic heterocycles. The fraction of sp³-hybridized carbons (Fsp3) is 0.400. The van der Waals surface area contributed by atoms with Crippen LogP contribution in [0.1, 0.15) is 6.42 Å². The molecule has 0 spiro atoms. The quantitative estimate of drug-likeness (QED) is 0.689. The first-order valence-corrected chi connectivity index (χ1v) is 2.73. The minimum absolute atomic E-state index is 0. The minimum atomic E-state index is -1.06. The number of hydrogen-bond acceptors (Lipinski definition) is 2. The molecule has 0 fully saturated rings. The summed E-state index contributed by atoms with van der Waals surface area (Å²) in [6.07, 6.45) is 0.122. The average Bonchev–Trinajstić information content (AvgIpc) is 1.63. The van der Waals surface area contributed by atoms with Crippen molar-refractivity contribution in [2.75, 3.05) is 0 Å². The Morgan fingerprint density at radius 3 is 2.30 bits per heavy atom. The highest BCUT2D eigenvalue weighted by Crippen LogP contribution is 2.04. The molecular weight excluding hydrogens is 177 g/mol. The molecule has 3 nitrogen and oxygen atoms in total. The molecule has 60 valence electrons. The van der Waals surface area contributed by atoms with Gasteiger partial charge in [-0.1, -0.05) is 18.2 Å². The van der Waals surface area contributed by atoms with Gasteiger partial charge < -0.3 is 10.8 Å². The predicted octanol–water partition coefficient (Wildman–Crippen LogP) is 0.963. The van der Waals surface area contributed by atoms with Crippen LogP contribution in [0.3, 0.4) is 0 Å². The molecule has 5 heteroatoms. The molecule has 0 radical (unpaired) electrons. The number of carboxylic acids is 1. The maximum absolute atomic E-state index is 10.0. The molecule has 0 amide bonds. The summed E-state index contributed by atoms with van der Waals surface area (Å²) < 4.78 is 0. The van der Waals surface area contributed by atoms with Gasteiger partial charge >= 0.3 is 5.97 Å². The fourth-order valence-electron chi connectivity index (χ4n) is 0.326. The van der Waals surface area contributed by atoms with Crippen LogP contribution in [-0.4, -0.2) is 17.1 Å². The summed E-state index contributed by atoms with van der Waals surface area (Å²) in [6, 6.07) is -0.921. The number of hydrogen-bond donors (Lipinski definition) is 2. The van der Waals surface area contributed by atoms with Crippen LogP contribution in [0, 0.1) is 0 Å². The third-order valence-electron chi connectivity index (χ3n) is 0.759. The first-order valence-electron chi connectivity index (χ1n) is 2.35. The van der Waals surface area contributed by atoms with Gasteiger partial charge in [0.25, 0.3) is 0 Å². The van der Waals surface area contributed by atoms with Gasteiger partial charge in [0.2, 0.25) is 0 Å². The Kier molecular flexibility index (Phi) is 6.87. The van der Waals surface area contributed by atoms with Crippen molar-refractivity contribution < 1.29 is 9.90 Å². The Morgan fingerprint density at radius 1 is 1.80 bits per heavy atom. The number of carbonyl (C=O) groups is 1. The Labute approximate surface area is 70.3 Å². The van der Waals surface area contributed by atoms with Gasteiger partial charge in [-0.05, 0) is 0 Å². The highest BCUT2D eigenvalue weighted by atomic mass is 35.5. The van der Waals surface area contributed by atoms with Gasteiger partial charge in [0.05, 0.1) is 0 Å². The maximum atomic E-state index is 10.0. The molecule has 0 saturated carbocycles. The van der Waals surface area contributed by atoms with E-state index in [1.807, 2.05) is 0 Å². The van der Waals surface area contributed by atoms with E-state index < -0.39 is 12.0 Å². The second kappa shape index (κ2) is 5.53. The lowest BCUT2D eigenvalue weighted by Crippen LogP contribution is -2.29. The van der Waals surface area contributed by atoms with Gasteiger partial charge in [0.15, 0.2) is 0 Å². The molecule has 3 N–H and O–H groups in total. The van der Waals surface area contributed by atoms with Gasteiger partial charge in [-0.2, -0.15) is 0 Å². The fourth-order valence-corrected chi connectivity index (χ4v) is 0.492. The van der Waals surface area contributed by atoms with E-state index >= 15 is 0 Å². The highest BCUT2D eigenvalue weighted by Gasteiger charge is 2.10. The van der Waals surface area contributed by atoms with E-state index in [9.17, 15) is 4.79 Å². The molecule has 0 aromatic carbocycles. The van der Waals surface area contributed by atoms with Crippen molar-refractivity contribution in [1.29, 1.82) is 0 Å². The smallest absolute Gasteiger partial charge is 0.320 e. The van der Waals surface area contributed by atoms with Gasteiger partial charge in [-0.25, -0.2) is 0 Å². The summed E-state index contributed by atoms with van der Waals surface area (Å²) in [5.41, 5.74) is 5.07. The van der Waals surface area contributed by atoms with E-state index in [0.29, 0.717) is 0 Å². The second-order valence-electron chi connectivity index (χ2n) is 1.67. The van der Waals surface area contributed by atoms with E-state index in [1.165, 1.54) is 0 Å². The van der Waals surface area contributed by atoms with Gasteiger partial charge in [-0.3, -0.25) is 4.79 Å². The van der Waals surface area contributed by atoms with Crippen LogP contribution in [0.25, 0.3) is 0 Å². The predicted molar refractivity (Wildman–Crippen MR) is 42.5 cm³/mol. The molecule has 0 unspecified atom stereocenters. The molecular formula is C5H9Cl2NO2. The normalized spacial score (nSPS) is 11.4. The topological polar surface area (TPSA) is 63.3 Å². The monoisotopic (exact) mass is 185 g/mol. The Balaban J connectivity index is 0. The first-order chi connectivity index (χ1) is 4.04. The minimum Gasteiger partial charge on any atom is -0.480 e. The third kappa shape index (κ3) is 5.88. The lowest BCUT2D eigenvalue weighted by molar-refractivity contribution is -0.138. The molecule has 0 aliphatic rings. The molecule has 0 rings (SSSR count). The van der Waals surface area contributed by atoms with Crippen LogP contribution in [0.4, 0.5) is 0 Å². The Morgan fingerprint density at radius 2 is 2.20 bits per heavy atom. The van der Waals surface area contributed by atoms with Gasteiger partial charge in [0, 0.05) is 11.5 Å². The maximum Gasteiger partial charge on any atom is 0.320 e. The van der Waals surface area contributed by atoms with E-state index in [0.717, 1.165) is 0 Å². The standard InChI is InChI=1S/C5H8ClNO2.ClH/c1-3(6)2-4(7)5(8)9;/h4H,1-2,7H2,(H,8,9);1H/t4-;/m0./s1. The van der Waals surface area contributed by atoms with Crippen molar-refractivity contribution in [3.8, 4) is 0 Å². The van der Waals surface area contributed by atoms with Crippen molar-refractivity contribution in [1.82, 2.24) is 0 Å². The molecule has 0 saturated heterocycles. The molecule has 0 aliphatic heterocycles. The average molecular weight is 186 g/mol. The molecule has 0 aliphatic carbocycles. The summed E-state index contributed by atoms with van der Waals surface area (Å²) >= 11 is 5.28. The van der Waals surface area contributed by atoms with Crippen molar-refractivity contribution in [3.05, 3.63) is 11.6 Å². The Hall–Kier alpha value is -0.250. The Bertz CT molecular complexity index is 138. The van der Waals surface area contributed by atoms with Crippen molar-refractivity contribution in [3.63, 3.8) is 0 Å². The van der Waals surface area contributed by atoms with Crippen LogP contribution >= 0.6 is 24.0 Å². The van der Waals surface area contributed by atoms with Crippen molar-refractivity contribution in [2.45, 2.75) is 12.5 Å². The van der Waals surface area contributed by atoms with Crippen LogP contribution in [0.2, 0.25) is 0 Å². The van der Waals surface area contributed by atoms with Gasteiger partial charge in [0.1, 0.15) is 6.04 Å². The van der Waals surface area contributed by atoms with E-state index in [1.54, 1.807) is 0 Å². The first kappa shape index (κ1) is 12.4. The number of carboxylic acid groups (broad SMARTS) is 1. The zero-order valence-corrected chi connectivity index (χ0v) is 6.78. The lowest BCUT2D eigenvalue weighted by Gasteiger charge is -2.01. The zero-order chi connectivity index (χ0) is 7.44. The van der Waals surface area contributed by atoms with Crippen LogP contribution in [0.15, 0.2) is 11.6 Å². The molecule has 0 aromatic rings. The zero-order valence-electron chi connectivity index (χ0n) is 5.21. The van der Waals surface area contributed by atoms with Gasteiger partial charge in [-0.15, -0.1) is 12.4 Å². The van der Waals surface area contributed by atoms with Crippen LogP contribution in [-0.2, 0) is 4.79 Å². The summed E-state index contributed by atoms with van der Waals surface area (Å²) in [7, 11) is 0. The molecule has 0 bridgehead atoms. The summed E-state index contributed by atoms with van der Waals surface area (Å²) in [6.45, 7) is 3.30. The van der Waals surface area contributed by atoms with Crippen molar-refractivity contribution >= 4 is 30.0 Å². The molecule has 10 heavy (non-hydrogen) atoms. The largest absolute Gasteiger partial charge is 0.480 e. The van der Waals surface area contributed by atoms with Crippen LogP contribution in [0.5, 0.6) is 0 Å². The SMILES string of the molecule is C=C(Cl)C[C@H](N)C(=O)O.Cl. The van der Waals surface area contributed by atoms with Crippen molar-refractivity contribution in [2.24, 2.45) is 5.73 Å². The number of rotatable bonds is 3. The summed E-state index contributed by atoms with van der Waals surface area (Å²) in [5.74, 6) is -1.06. The summed E-state index contributed by atoms with van der Waals surface area (Å²) in [4.78, 5) is 10.0.